The number of nitrogens with one attached hydrogen (secondary N) is 1. The van der Waals surface area contributed by atoms with Crippen LogP contribution in [0.1, 0.15) is 34.3 Å². The molecule has 0 aliphatic rings. The van der Waals surface area contributed by atoms with Gasteiger partial charge < -0.3 is 11.1 Å². The maximum Gasteiger partial charge on any atom is 0.265 e. The summed E-state index contributed by atoms with van der Waals surface area (Å²) in [6.45, 7) is 2.39. The SMILES string of the molecule is CCCc1nnsc1C(=O)NCc1cnn(C)c1N. The van der Waals surface area contributed by atoms with Crippen LogP contribution in [-0.4, -0.2) is 25.3 Å². The average molecular weight is 280 g/mol. The van der Waals surface area contributed by atoms with E-state index in [0.717, 1.165) is 35.6 Å². The minimum Gasteiger partial charge on any atom is -0.384 e. The molecule has 0 radical (unpaired) electrons. The fourth-order valence-electron chi connectivity index (χ4n) is 1.67. The molecule has 0 bridgehead atoms. The first kappa shape index (κ1) is 13.5. The fourth-order valence-corrected chi connectivity index (χ4v) is 2.29. The van der Waals surface area contributed by atoms with Gasteiger partial charge in [0, 0.05) is 19.2 Å². The van der Waals surface area contributed by atoms with Crippen molar-refractivity contribution in [1.82, 2.24) is 24.7 Å². The van der Waals surface area contributed by atoms with Crippen LogP contribution in [0.2, 0.25) is 0 Å². The summed E-state index contributed by atoms with van der Waals surface area (Å²) < 4.78 is 5.40. The third-order valence-electron chi connectivity index (χ3n) is 2.75. The zero-order chi connectivity index (χ0) is 13.8. The number of nitrogen functional groups attached to an aromatic ring is 1. The molecule has 0 atom stereocenters. The molecule has 102 valence electrons. The highest BCUT2D eigenvalue weighted by Gasteiger charge is 2.16. The summed E-state index contributed by atoms with van der Waals surface area (Å²) in [5.74, 6) is 0.387. The summed E-state index contributed by atoms with van der Waals surface area (Å²) in [4.78, 5) is 12.6. The van der Waals surface area contributed by atoms with Crippen molar-refractivity contribution >= 4 is 23.3 Å². The standard InChI is InChI=1S/C11H16N6OS/c1-3-4-8-9(19-16-15-8)11(18)13-5-7-6-14-17(2)10(7)12/h6H,3-5,12H2,1-2H3,(H,13,18). The van der Waals surface area contributed by atoms with Gasteiger partial charge in [-0.25, -0.2) is 0 Å². The maximum absolute atomic E-state index is 12.0. The van der Waals surface area contributed by atoms with E-state index in [9.17, 15) is 4.79 Å². The molecule has 1 amide bonds. The Hall–Kier alpha value is -1.96. The third kappa shape index (κ3) is 2.90. The summed E-state index contributed by atoms with van der Waals surface area (Å²) in [7, 11) is 1.76. The van der Waals surface area contributed by atoms with Crippen LogP contribution in [0.3, 0.4) is 0 Å². The molecule has 0 fully saturated rings. The first-order valence-electron chi connectivity index (χ1n) is 5.99. The number of aromatic nitrogens is 4. The van der Waals surface area contributed by atoms with E-state index < -0.39 is 0 Å². The van der Waals surface area contributed by atoms with Gasteiger partial charge in [-0.2, -0.15) is 5.10 Å². The number of aryl methyl sites for hydroxylation is 2. The van der Waals surface area contributed by atoms with Gasteiger partial charge in [-0.15, -0.1) is 5.10 Å². The van der Waals surface area contributed by atoms with E-state index in [4.69, 9.17) is 5.73 Å². The third-order valence-corrected chi connectivity index (χ3v) is 3.52. The molecular formula is C11H16N6OS. The van der Waals surface area contributed by atoms with Crippen LogP contribution in [0.4, 0.5) is 5.82 Å². The Morgan fingerprint density at radius 1 is 1.58 bits per heavy atom. The van der Waals surface area contributed by atoms with Gasteiger partial charge >= 0.3 is 0 Å². The molecule has 8 heteroatoms. The van der Waals surface area contributed by atoms with E-state index in [-0.39, 0.29) is 5.91 Å². The van der Waals surface area contributed by atoms with Gasteiger partial charge in [-0.1, -0.05) is 17.8 Å². The number of carbonyl (C=O) groups excluding carboxylic acids is 1. The molecule has 0 aliphatic carbocycles. The van der Waals surface area contributed by atoms with Crippen molar-refractivity contribution in [2.75, 3.05) is 5.73 Å². The quantitative estimate of drug-likeness (QED) is 0.841. The first-order valence-corrected chi connectivity index (χ1v) is 6.76. The Labute approximate surface area is 115 Å². The van der Waals surface area contributed by atoms with Gasteiger partial charge in [0.15, 0.2) is 0 Å². The summed E-state index contributed by atoms with van der Waals surface area (Å²) in [6, 6.07) is 0. The Morgan fingerprint density at radius 3 is 3.00 bits per heavy atom. The zero-order valence-electron chi connectivity index (χ0n) is 10.9. The van der Waals surface area contributed by atoms with E-state index in [1.165, 1.54) is 0 Å². The van der Waals surface area contributed by atoms with Crippen LogP contribution >= 0.6 is 11.5 Å². The lowest BCUT2D eigenvalue weighted by molar-refractivity contribution is 0.0954. The molecule has 2 aromatic heterocycles. The van der Waals surface area contributed by atoms with Gasteiger partial charge in [0.05, 0.1) is 11.9 Å². The molecule has 0 saturated carbocycles. The van der Waals surface area contributed by atoms with E-state index in [1.807, 2.05) is 6.92 Å². The number of carbonyl (C=O) groups is 1. The van der Waals surface area contributed by atoms with Crippen molar-refractivity contribution in [3.05, 3.63) is 22.3 Å². The predicted molar refractivity (Wildman–Crippen MR) is 72.7 cm³/mol. The van der Waals surface area contributed by atoms with Gasteiger partial charge in [0.2, 0.25) is 0 Å². The molecule has 19 heavy (non-hydrogen) atoms. The van der Waals surface area contributed by atoms with Crippen LogP contribution in [0.15, 0.2) is 6.20 Å². The maximum atomic E-state index is 12.0. The van der Waals surface area contributed by atoms with E-state index >= 15 is 0 Å². The van der Waals surface area contributed by atoms with Crippen molar-refractivity contribution < 1.29 is 4.79 Å². The molecule has 0 unspecified atom stereocenters. The van der Waals surface area contributed by atoms with Gasteiger partial charge in [0.25, 0.3) is 5.91 Å². The van der Waals surface area contributed by atoms with Crippen LogP contribution in [0.25, 0.3) is 0 Å². The minimum atomic E-state index is -0.165. The average Bonchev–Trinajstić information content (AvgIpc) is 2.97. The topological polar surface area (TPSA) is 98.7 Å². The second kappa shape index (κ2) is 5.79. The lowest BCUT2D eigenvalue weighted by Crippen LogP contribution is -2.23. The van der Waals surface area contributed by atoms with E-state index in [1.54, 1.807) is 17.9 Å². The highest BCUT2D eigenvalue weighted by Crippen LogP contribution is 2.13. The smallest absolute Gasteiger partial charge is 0.265 e. The number of hydrogen-bond acceptors (Lipinski definition) is 6. The lowest BCUT2D eigenvalue weighted by atomic mass is 10.2. The van der Waals surface area contributed by atoms with Crippen LogP contribution in [0, 0.1) is 0 Å². The highest BCUT2D eigenvalue weighted by atomic mass is 32.1. The molecule has 2 rings (SSSR count). The van der Waals surface area contributed by atoms with Gasteiger partial charge in [0.1, 0.15) is 10.7 Å². The molecule has 2 aromatic rings. The molecule has 0 aliphatic heterocycles. The van der Waals surface area contributed by atoms with Crippen molar-refractivity contribution in [2.24, 2.45) is 7.05 Å². The number of nitrogens with two attached hydrogens (primary N) is 1. The second-order valence-electron chi connectivity index (χ2n) is 4.16. The number of amides is 1. The summed E-state index contributed by atoms with van der Waals surface area (Å²) in [6.07, 6.45) is 3.34. The van der Waals surface area contributed by atoms with Crippen LogP contribution in [-0.2, 0) is 20.0 Å². The van der Waals surface area contributed by atoms with Crippen molar-refractivity contribution in [3.63, 3.8) is 0 Å². The Balaban J connectivity index is 2.01. The number of anilines is 1. The second-order valence-corrected chi connectivity index (χ2v) is 4.91. The van der Waals surface area contributed by atoms with Crippen molar-refractivity contribution in [3.8, 4) is 0 Å². The largest absolute Gasteiger partial charge is 0.384 e. The minimum absolute atomic E-state index is 0.165. The first-order chi connectivity index (χ1) is 9.13. The number of hydrogen-bond donors (Lipinski definition) is 2. The summed E-state index contributed by atoms with van der Waals surface area (Å²) >= 11 is 1.12. The predicted octanol–water partition coefficient (Wildman–Crippen LogP) is 0.736. The fraction of sp³-hybridized carbons (Fsp3) is 0.455. The Bertz CT molecular complexity index is 576. The van der Waals surface area contributed by atoms with Gasteiger partial charge in [-0.05, 0) is 18.0 Å². The van der Waals surface area contributed by atoms with Crippen LogP contribution in [0.5, 0.6) is 0 Å². The Kier molecular flexibility index (Phi) is 4.10. The summed E-state index contributed by atoms with van der Waals surface area (Å²) in [5, 5.41) is 10.8. The number of rotatable bonds is 5. The molecule has 2 heterocycles. The van der Waals surface area contributed by atoms with E-state index in [0.29, 0.717) is 17.2 Å². The van der Waals surface area contributed by atoms with Crippen molar-refractivity contribution in [1.29, 1.82) is 0 Å². The highest BCUT2D eigenvalue weighted by molar-refractivity contribution is 7.08. The van der Waals surface area contributed by atoms with Crippen molar-refractivity contribution in [2.45, 2.75) is 26.3 Å². The molecule has 0 spiro atoms. The zero-order valence-corrected chi connectivity index (χ0v) is 11.7. The molecular weight excluding hydrogens is 264 g/mol. The van der Waals surface area contributed by atoms with Gasteiger partial charge in [-0.3, -0.25) is 9.48 Å². The molecule has 7 nitrogen and oxygen atoms in total. The van der Waals surface area contributed by atoms with Crippen LogP contribution < -0.4 is 11.1 Å². The molecule has 0 aromatic carbocycles. The molecule has 0 saturated heterocycles. The normalized spacial score (nSPS) is 10.6. The monoisotopic (exact) mass is 280 g/mol. The summed E-state index contributed by atoms with van der Waals surface area (Å²) in [5.41, 5.74) is 7.36. The lowest BCUT2D eigenvalue weighted by Gasteiger charge is -2.04. The van der Waals surface area contributed by atoms with E-state index in [2.05, 4.69) is 20.0 Å². The number of nitrogens with zero attached hydrogens (tertiary/aromatic N) is 4. The molecule has 3 N–H and O–H groups in total. The Morgan fingerprint density at radius 2 is 2.37 bits per heavy atom.